The number of rotatable bonds is 7. The van der Waals surface area contributed by atoms with Crippen molar-refractivity contribution in [3.8, 4) is 0 Å². The summed E-state index contributed by atoms with van der Waals surface area (Å²) >= 11 is 1.43. The third-order valence-corrected chi connectivity index (χ3v) is 2.58. The summed E-state index contributed by atoms with van der Waals surface area (Å²) in [7, 11) is 3.10. The highest BCUT2D eigenvalue weighted by molar-refractivity contribution is 7.99. The Morgan fingerprint density at radius 3 is 2.31 bits per heavy atom. The summed E-state index contributed by atoms with van der Waals surface area (Å²) in [6.07, 6.45) is -1.15. The molecule has 0 aromatic heterocycles. The average molecular weight is 208 g/mol. The molecule has 1 atom stereocenters. The van der Waals surface area contributed by atoms with Gasteiger partial charge in [-0.2, -0.15) is 11.8 Å². The van der Waals surface area contributed by atoms with Gasteiger partial charge in [0.15, 0.2) is 12.1 Å². The van der Waals surface area contributed by atoms with Crippen LogP contribution in [-0.2, 0) is 14.3 Å². The lowest BCUT2D eigenvalue weighted by molar-refractivity contribution is -0.123. The van der Waals surface area contributed by atoms with E-state index in [4.69, 9.17) is 14.6 Å². The van der Waals surface area contributed by atoms with Gasteiger partial charge < -0.3 is 14.6 Å². The molecule has 4 nitrogen and oxygen atoms in total. The summed E-state index contributed by atoms with van der Waals surface area (Å²) in [5.74, 6) is 0.787. The number of ketones is 1. The summed E-state index contributed by atoms with van der Waals surface area (Å²) in [6.45, 7) is 1.37. The van der Waals surface area contributed by atoms with Crippen molar-refractivity contribution in [1.82, 2.24) is 0 Å². The van der Waals surface area contributed by atoms with E-state index in [1.807, 2.05) is 0 Å². The molecule has 0 aromatic carbocycles. The molecule has 0 spiro atoms. The van der Waals surface area contributed by atoms with Gasteiger partial charge >= 0.3 is 0 Å². The fourth-order valence-electron chi connectivity index (χ4n) is 0.626. The third kappa shape index (κ3) is 6.04. The van der Waals surface area contributed by atoms with Gasteiger partial charge in [0.1, 0.15) is 6.10 Å². The fourth-order valence-corrected chi connectivity index (χ4v) is 1.68. The number of aliphatic hydroxyl groups is 1. The number of ether oxygens (including phenoxy) is 2. The van der Waals surface area contributed by atoms with Gasteiger partial charge in [-0.25, -0.2) is 0 Å². The van der Waals surface area contributed by atoms with Gasteiger partial charge in [0.05, 0.1) is 0 Å². The monoisotopic (exact) mass is 208 g/mol. The molecular weight excluding hydrogens is 192 g/mol. The predicted octanol–water partition coefficient (Wildman–Crippen LogP) is 0.288. The van der Waals surface area contributed by atoms with Crippen LogP contribution in [0.3, 0.4) is 0 Å². The molecule has 0 saturated heterocycles. The van der Waals surface area contributed by atoms with Crippen LogP contribution in [0.2, 0.25) is 0 Å². The van der Waals surface area contributed by atoms with Gasteiger partial charge in [0.25, 0.3) is 0 Å². The van der Waals surface area contributed by atoms with Gasteiger partial charge in [0, 0.05) is 25.7 Å². The number of thioether (sulfide) groups is 1. The second-order valence-corrected chi connectivity index (χ2v) is 3.64. The van der Waals surface area contributed by atoms with Gasteiger partial charge in [-0.05, 0) is 6.92 Å². The van der Waals surface area contributed by atoms with E-state index in [0.29, 0.717) is 11.5 Å². The molecule has 1 unspecified atom stereocenters. The fraction of sp³-hybridized carbons (Fsp3) is 0.875. The predicted molar refractivity (Wildman–Crippen MR) is 51.8 cm³/mol. The Labute approximate surface area is 82.6 Å². The highest BCUT2D eigenvalue weighted by Crippen LogP contribution is 2.08. The zero-order valence-electron chi connectivity index (χ0n) is 8.15. The van der Waals surface area contributed by atoms with E-state index >= 15 is 0 Å². The third-order valence-electron chi connectivity index (χ3n) is 1.52. The van der Waals surface area contributed by atoms with Crippen molar-refractivity contribution in [3.63, 3.8) is 0 Å². The lowest BCUT2D eigenvalue weighted by atomic mass is 10.3. The van der Waals surface area contributed by atoms with Gasteiger partial charge in [-0.15, -0.1) is 0 Å². The summed E-state index contributed by atoms with van der Waals surface area (Å²) in [4.78, 5) is 10.6. The van der Waals surface area contributed by atoms with Gasteiger partial charge in [0.2, 0.25) is 0 Å². The summed E-state index contributed by atoms with van der Waals surface area (Å²) in [5, 5.41) is 9.13. The van der Waals surface area contributed by atoms with Gasteiger partial charge in [-0.3, -0.25) is 4.79 Å². The molecule has 0 aliphatic rings. The Balaban J connectivity index is 3.48. The standard InChI is InChI=1S/C8H16O4S/c1-6(9)7(10)4-13-5-8(11-2)12-3/h7-8,10H,4-5H2,1-3H3. The molecule has 5 heteroatoms. The molecule has 13 heavy (non-hydrogen) atoms. The minimum Gasteiger partial charge on any atom is -0.384 e. The second-order valence-electron chi connectivity index (χ2n) is 2.56. The first-order valence-corrected chi connectivity index (χ1v) is 5.09. The minimum atomic E-state index is -0.876. The maximum Gasteiger partial charge on any atom is 0.165 e. The van der Waals surface area contributed by atoms with Crippen LogP contribution in [0.1, 0.15) is 6.92 Å². The Hall–Kier alpha value is -0.100. The van der Waals surface area contributed by atoms with E-state index in [2.05, 4.69) is 0 Å². The van der Waals surface area contributed by atoms with Crippen LogP contribution in [0.15, 0.2) is 0 Å². The quantitative estimate of drug-likeness (QED) is 0.609. The van der Waals surface area contributed by atoms with Crippen LogP contribution in [0.5, 0.6) is 0 Å². The number of carbonyl (C=O) groups excluding carboxylic acids is 1. The van der Waals surface area contributed by atoms with Crippen molar-refractivity contribution in [2.75, 3.05) is 25.7 Å². The van der Waals surface area contributed by atoms with Crippen LogP contribution in [0, 0.1) is 0 Å². The molecule has 0 saturated carbocycles. The first-order valence-electron chi connectivity index (χ1n) is 3.93. The topological polar surface area (TPSA) is 55.8 Å². The molecule has 0 aromatic rings. The van der Waals surface area contributed by atoms with Crippen LogP contribution in [-0.4, -0.2) is 49.0 Å². The Morgan fingerprint density at radius 2 is 1.92 bits per heavy atom. The van der Waals surface area contributed by atoms with Crippen LogP contribution in [0.25, 0.3) is 0 Å². The smallest absolute Gasteiger partial charge is 0.165 e. The SMILES string of the molecule is COC(CSCC(O)C(C)=O)OC. The zero-order chi connectivity index (χ0) is 10.3. The number of carbonyl (C=O) groups is 1. The lowest BCUT2D eigenvalue weighted by Crippen LogP contribution is -2.22. The highest BCUT2D eigenvalue weighted by atomic mass is 32.2. The highest BCUT2D eigenvalue weighted by Gasteiger charge is 2.11. The Kier molecular flexibility index (Phi) is 7.26. The van der Waals surface area contributed by atoms with Crippen molar-refractivity contribution >= 4 is 17.5 Å². The maximum atomic E-state index is 10.6. The molecule has 0 rings (SSSR count). The number of hydrogen-bond donors (Lipinski definition) is 1. The maximum absolute atomic E-state index is 10.6. The summed E-state index contributed by atoms with van der Waals surface area (Å²) in [6, 6.07) is 0. The van der Waals surface area contributed by atoms with E-state index in [-0.39, 0.29) is 12.1 Å². The van der Waals surface area contributed by atoms with Crippen LogP contribution >= 0.6 is 11.8 Å². The molecular formula is C8H16O4S. The number of hydrogen-bond acceptors (Lipinski definition) is 5. The molecule has 1 N–H and O–H groups in total. The van der Waals surface area contributed by atoms with E-state index < -0.39 is 6.10 Å². The number of aliphatic hydroxyl groups excluding tert-OH is 1. The first-order chi connectivity index (χ1) is 6.11. The van der Waals surface area contributed by atoms with E-state index in [1.54, 1.807) is 14.2 Å². The molecule has 78 valence electrons. The average Bonchev–Trinajstić information content (AvgIpc) is 2.12. The van der Waals surface area contributed by atoms with Crippen LogP contribution in [0.4, 0.5) is 0 Å². The minimum absolute atomic E-state index is 0.209. The Bertz CT molecular complexity index is 147. The van der Waals surface area contributed by atoms with Crippen LogP contribution < -0.4 is 0 Å². The zero-order valence-corrected chi connectivity index (χ0v) is 8.97. The molecule has 0 radical (unpaired) electrons. The largest absolute Gasteiger partial charge is 0.384 e. The molecule has 0 amide bonds. The van der Waals surface area contributed by atoms with Crippen molar-refractivity contribution < 1.29 is 19.4 Å². The van der Waals surface area contributed by atoms with E-state index in [9.17, 15) is 4.79 Å². The molecule has 0 bridgehead atoms. The van der Waals surface area contributed by atoms with Gasteiger partial charge in [-0.1, -0.05) is 0 Å². The van der Waals surface area contributed by atoms with Crippen molar-refractivity contribution in [1.29, 1.82) is 0 Å². The van der Waals surface area contributed by atoms with Crippen molar-refractivity contribution in [2.24, 2.45) is 0 Å². The summed E-state index contributed by atoms with van der Waals surface area (Å²) in [5.41, 5.74) is 0. The lowest BCUT2D eigenvalue weighted by Gasteiger charge is -2.13. The molecule has 0 fully saturated rings. The first kappa shape index (κ1) is 12.9. The molecule has 0 heterocycles. The molecule has 0 aliphatic carbocycles. The number of methoxy groups -OCH3 is 2. The molecule has 0 aliphatic heterocycles. The van der Waals surface area contributed by atoms with E-state index in [1.165, 1.54) is 18.7 Å². The normalized spacial score (nSPS) is 13.3. The number of Topliss-reactive ketones (excluding diaryl/α,β-unsaturated/α-hetero) is 1. The van der Waals surface area contributed by atoms with E-state index in [0.717, 1.165) is 0 Å². The van der Waals surface area contributed by atoms with Crippen molar-refractivity contribution in [2.45, 2.75) is 19.3 Å². The Morgan fingerprint density at radius 1 is 1.38 bits per heavy atom. The van der Waals surface area contributed by atoms with Crippen molar-refractivity contribution in [3.05, 3.63) is 0 Å². The summed E-state index contributed by atoms with van der Waals surface area (Å²) < 4.78 is 9.86. The second kappa shape index (κ2) is 7.32.